The summed E-state index contributed by atoms with van der Waals surface area (Å²) in [6, 6.07) is 31.8. The van der Waals surface area contributed by atoms with Gasteiger partial charge in [-0.25, -0.2) is 0 Å². The lowest BCUT2D eigenvalue weighted by Gasteiger charge is -2.43. The molecule has 2 aliphatic heterocycles. The Morgan fingerprint density at radius 3 is 1.88 bits per heavy atom. The summed E-state index contributed by atoms with van der Waals surface area (Å²) in [6.45, 7) is 9.16. The fourth-order valence-electron chi connectivity index (χ4n) is 5.73. The van der Waals surface area contributed by atoms with Crippen LogP contribution in [0.25, 0.3) is 0 Å². The Labute approximate surface area is 193 Å². The van der Waals surface area contributed by atoms with Gasteiger partial charge in [-0.1, -0.05) is 87.5 Å². The molecule has 4 heteroatoms. The maximum Gasteiger partial charge on any atom is 0.319 e. The van der Waals surface area contributed by atoms with Gasteiger partial charge in [0, 0.05) is 36.9 Å². The number of nitrogens with one attached hydrogen (secondary N) is 1. The lowest BCUT2D eigenvalue weighted by molar-refractivity contribution is 0.482. The van der Waals surface area contributed by atoms with E-state index in [9.17, 15) is 0 Å². The molecule has 0 saturated carbocycles. The first-order chi connectivity index (χ1) is 15.5. The molecular formula is C28H34N2OSi. The Hall–Kier alpha value is -2.56. The molecule has 3 nitrogen and oxygen atoms in total. The molecule has 0 aromatic heterocycles. The molecular weight excluding hydrogens is 408 g/mol. The minimum atomic E-state index is -2.61. The van der Waals surface area contributed by atoms with Gasteiger partial charge in [0.25, 0.3) is 0 Å². The number of hydrogen-bond donors (Lipinski definition) is 1. The summed E-state index contributed by atoms with van der Waals surface area (Å²) in [5.41, 5.74) is 1.30. The zero-order valence-corrected chi connectivity index (χ0v) is 20.4. The maximum atomic E-state index is 7.26. The smallest absolute Gasteiger partial charge is 0.319 e. The van der Waals surface area contributed by atoms with E-state index < -0.39 is 8.32 Å². The van der Waals surface area contributed by atoms with Gasteiger partial charge in [-0.2, -0.15) is 0 Å². The van der Waals surface area contributed by atoms with E-state index >= 15 is 0 Å². The molecule has 32 heavy (non-hydrogen) atoms. The van der Waals surface area contributed by atoms with Crippen LogP contribution in [0, 0.1) is 0 Å². The van der Waals surface area contributed by atoms with Crippen LogP contribution in [0.4, 0.5) is 5.69 Å². The Kier molecular flexibility index (Phi) is 5.60. The van der Waals surface area contributed by atoms with Crippen molar-refractivity contribution in [1.29, 1.82) is 0 Å². The molecule has 2 bridgehead atoms. The maximum absolute atomic E-state index is 7.26. The highest BCUT2D eigenvalue weighted by molar-refractivity contribution is 7.00. The third-order valence-corrected chi connectivity index (χ3v) is 12.1. The summed E-state index contributed by atoms with van der Waals surface area (Å²) in [5, 5.41) is 6.18. The van der Waals surface area contributed by atoms with Crippen molar-refractivity contribution < 1.29 is 4.43 Å². The first-order valence-corrected chi connectivity index (χ1v) is 13.8. The first-order valence-electron chi connectivity index (χ1n) is 11.9. The number of rotatable bonds is 5. The summed E-state index contributed by atoms with van der Waals surface area (Å²) < 4.78 is 7.26. The third-order valence-electron chi connectivity index (χ3n) is 7.18. The Bertz CT molecular complexity index is 992. The summed E-state index contributed by atoms with van der Waals surface area (Å²) in [7, 11) is -2.61. The molecule has 2 saturated heterocycles. The largest absolute Gasteiger partial charge is 0.534 e. The van der Waals surface area contributed by atoms with Crippen molar-refractivity contribution in [1.82, 2.24) is 5.32 Å². The molecule has 0 aliphatic carbocycles. The number of anilines is 1. The van der Waals surface area contributed by atoms with E-state index in [-0.39, 0.29) is 5.04 Å². The van der Waals surface area contributed by atoms with Crippen LogP contribution in [0.2, 0.25) is 5.04 Å². The SMILES string of the molecule is CC(C)(C)[Si](Oc1cccc(N2C3CCC2CNC3)c1)(c1ccccc1)c1ccccc1. The molecule has 2 aliphatic rings. The molecule has 3 aromatic rings. The normalized spacial score (nSPS) is 20.9. The predicted octanol–water partition coefficient (Wildman–Crippen LogP) is 4.57. The lowest BCUT2D eigenvalue weighted by atomic mass is 10.1. The second-order valence-electron chi connectivity index (χ2n) is 10.2. The number of piperazine rings is 1. The monoisotopic (exact) mass is 442 g/mol. The summed E-state index contributed by atoms with van der Waals surface area (Å²) >= 11 is 0. The standard InChI is InChI=1S/C28H34N2OSi/c1-28(2,3)32(26-13-6-4-7-14-26,27-15-8-5-9-16-27)31-25-12-10-11-22(19-25)30-23-17-18-24(30)21-29-20-23/h4-16,19,23-24,29H,17-18,20-21H2,1-3H3. The Balaban J connectivity index is 1.60. The zero-order valence-electron chi connectivity index (χ0n) is 19.4. The quantitative estimate of drug-likeness (QED) is 0.586. The van der Waals surface area contributed by atoms with Crippen molar-refractivity contribution in [2.45, 2.75) is 50.7 Å². The predicted molar refractivity (Wildman–Crippen MR) is 137 cm³/mol. The molecule has 1 N–H and O–H groups in total. The van der Waals surface area contributed by atoms with E-state index in [1.807, 2.05) is 0 Å². The Morgan fingerprint density at radius 2 is 1.34 bits per heavy atom. The highest BCUT2D eigenvalue weighted by Gasteiger charge is 2.52. The Morgan fingerprint density at radius 1 is 0.781 bits per heavy atom. The van der Waals surface area contributed by atoms with Crippen LogP contribution in [-0.2, 0) is 0 Å². The fraction of sp³-hybridized carbons (Fsp3) is 0.357. The van der Waals surface area contributed by atoms with Gasteiger partial charge >= 0.3 is 8.32 Å². The van der Waals surface area contributed by atoms with Gasteiger partial charge in [0.1, 0.15) is 5.75 Å². The second-order valence-corrected chi connectivity index (χ2v) is 14.4. The topological polar surface area (TPSA) is 24.5 Å². The minimum absolute atomic E-state index is 0.0419. The van der Waals surface area contributed by atoms with Crippen LogP contribution >= 0.6 is 0 Å². The molecule has 2 atom stereocenters. The van der Waals surface area contributed by atoms with E-state index in [4.69, 9.17) is 4.43 Å². The van der Waals surface area contributed by atoms with Crippen LogP contribution in [0.5, 0.6) is 5.75 Å². The van der Waals surface area contributed by atoms with Crippen molar-refractivity contribution in [3.8, 4) is 5.75 Å². The lowest BCUT2D eigenvalue weighted by Crippen LogP contribution is -2.68. The van der Waals surface area contributed by atoms with Gasteiger partial charge in [0.2, 0.25) is 0 Å². The van der Waals surface area contributed by atoms with Crippen LogP contribution in [0.15, 0.2) is 84.9 Å². The van der Waals surface area contributed by atoms with Crippen molar-refractivity contribution in [2.24, 2.45) is 0 Å². The van der Waals surface area contributed by atoms with Crippen molar-refractivity contribution in [3.63, 3.8) is 0 Å². The molecule has 2 unspecified atom stereocenters. The first kappa shape index (κ1) is 21.3. The summed E-state index contributed by atoms with van der Waals surface area (Å²) in [4.78, 5) is 2.63. The number of hydrogen-bond acceptors (Lipinski definition) is 3. The van der Waals surface area contributed by atoms with Crippen molar-refractivity contribution in [3.05, 3.63) is 84.9 Å². The highest BCUT2D eigenvalue weighted by atomic mass is 28.4. The molecule has 0 spiro atoms. The van der Waals surface area contributed by atoms with Gasteiger partial charge in [0.05, 0.1) is 0 Å². The highest BCUT2D eigenvalue weighted by Crippen LogP contribution is 2.39. The molecule has 0 radical (unpaired) electrons. The molecule has 166 valence electrons. The second kappa shape index (κ2) is 8.42. The van der Waals surface area contributed by atoms with Gasteiger partial charge in [-0.05, 0) is 40.4 Å². The molecule has 5 rings (SSSR count). The van der Waals surface area contributed by atoms with Crippen molar-refractivity contribution >= 4 is 24.4 Å². The fourth-order valence-corrected chi connectivity index (χ4v) is 10.1. The van der Waals surface area contributed by atoms with Crippen LogP contribution in [-0.4, -0.2) is 33.5 Å². The molecule has 0 amide bonds. The average molecular weight is 443 g/mol. The average Bonchev–Trinajstić information content (AvgIpc) is 3.06. The molecule has 3 aromatic carbocycles. The third kappa shape index (κ3) is 3.65. The van der Waals surface area contributed by atoms with Gasteiger partial charge in [-0.3, -0.25) is 0 Å². The van der Waals surface area contributed by atoms with E-state index in [1.165, 1.54) is 28.9 Å². The van der Waals surface area contributed by atoms with E-state index in [2.05, 4.69) is 116 Å². The van der Waals surface area contributed by atoms with E-state index in [1.54, 1.807) is 0 Å². The summed E-state index contributed by atoms with van der Waals surface area (Å²) in [5.74, 6) is 0.981. The molecule has 2 heterocycles. The number of nitrogens with zero attached hydrogens (tertiary/aromatic N) is 1. The number of fused-ring (bicyclic) bond motifs is 2. The van der Waals surface area contributed by atoms with Crippen LogP contribution < -0.4 is 25.0 Å². The van der Waals surface area contributed by atoms with Gasteiger partial charge < -0.3 is 14.6 Å². The van der Waals surface area contributed by atoms with Crippen molar-refractivity contribution in [2.75, 3.05) is 18.0 Å². The van der Waals surface area contributed by atoms with Crippen LogP contribution in [0.1, 0.15) is 33.6 Å². The van der Waals surface area contributed by atoms with Gasteiger partial charge in [-0.15, -0.1) is 0 Å². The zero-order chi connectivity index (χ0) is 22.2. The van der Waals surface area contributed by atoms with Crippen LogP contribution in [0.3, 0.4) is 0 Å². The van der Waals surface area contributed by atoms with E-state index in [0.29, 0.717) is 12.1 Å². The minimum Gasteiger partial charge on any atom is -0.534 e. The number of benzene rings is 3. The molecule has 2 fully saturated rings. The van der Waals surface area contributed by atoms with Gasteiger partial charge in [0.15, 0.2) is 0 Å². The summed E-state index contributed by atoms with van der Waals surface area (Å²) in [6.07, 6.45) is 2.55. The van der Waals surface area contributed by atoms with E-state index in [0.717, 1.165) is 18.8 Å².